The van der Waals surface area contributed by atoms with Crippen LogP contribution in [0.15, 0.2) is 0 Å². The summed E-state index contributed by atoms with van der Waals surface area (Å²) in [5, 5.41) is 17.7. The number of carboxylic acid groups (broad SMARTS) is 2. The zero-order valence-corrected chi connectivity index (χ0v) is 19.5. The molecule has 2 N–H and O–H groups in total. The molecule has 29 heavy (non-hydrogen) atoms. The van der Waals surface area contributed by atoms with Gasteiger partial charge in [-0.3, -0.25) is 9.59 Å². The molecular weight excluding hydrogens is 384 g/mol. The molecule has 172 valence electrons. The lowest BCUT2D eigenvalue weighted by atomic mass is 9.91. The molecule has 0 spiro atoms. The van der Waals surface area contributed by atoms with Crippen LogP contribution in [-0.2, 0) is 9.59 Å². The molecule has 4 nitrogen and oxygen atoms in total. The van der Waals surface area contributed by atoms with E-state index in [1.165, 1.54) is 89.9 Å². The third-order valence-corrected chi connectivity index (χ3v) is 6.12. The van der Waals surface area contributed by atoms with Gasteiger partial charge in [-0.15, -0.1) is 0 Å². The van der Waals surface area contributed by atoms with Crippen molar-refractivity contribution in [2.75, 3.05) is 5.75 Å². The molecule has 0 heterocycles. The first kappa shape index (κ1) is 28.3. The van der Waals surface area contributed by atoms with Gasteiger partial charge in [-0.25, -0.2) is 0 Å². The van der Waals surface area contributed by atoms with Gasteiger partial charge in [-0.05, 0) is 30.9 Å². The molecule has 0 amide bonds. The minimum Gasteiger partial charge on any atom is -0.481 e. The molecule has 0 fully saturated rings. The smallest absolute Gasteiger partial charge is 0.303 e. The fraction of sp³-hybridized carbons (Fsp3) is 0.917. The number of unbranched alkanes of at least 4 members (excludes halogenated alkanes) is 14. The number of rotatable bonds is 23. The fourth-order valence-corrected chi connectivity index (χ4v) is 4.15. The van der Waals surface area contributed by atoms with Crippen LogP contribution in [0.4, 0.5) is 0 Å². The maximum atomic E-state index is 10.7. The first-order valence-corrected chi connectivity index (χ1v) is 12.7. The van der Waals surface area contributed by atoms with Gasteiger partial charge in [0.1, 0.15) is 0 Å². The molecular formula is C24H46O4S. The summed E-state index contributed by atoms with van der Waals surface area (Å²) in [5.74, 6) is -0.297. The minimum absolute atomic E-state index is 0.153. The van der Waals surface area contributed by atoms with Crippen LogP contribution in [0.2, 0.25) is 0 Å². The van der Waals surface area contributed by atoms with Crippen molar-refractivity contribution in [3.8, 4) is 0 Å². The summed E-state index contributed by atoms with van der Waals surface area (Å²) in [6.45, 7) is 0. The van der Waals surface area contributed by atoms with Crippen molar-refractivity contribution in [3.05, 3.63) is 0 Å². The molecule has 0 aliphatic rings. The molecule has 0 saturated carbocycles. The Bertz CT molecular complexity index is 369. The Kier molecular flexibility index (Phi) is 21.4. The van der Waals surface area contributed by atoms with Gasteiger partial charge >= 0.3 is 11.9 Å². The second kappa shape index (κ2) is 22.0. The predicted molar refractivity (Wildman–Crippen MR) is 125 cm³/mol. The summed E-state index contributed by atoms with van der Waals surface area (Å²) < 4.78 is 0. The highest BCUT2D eigenvalue weighted by Crippen LogP contribution is 2.22. The summed E-state index contributed by atoms with van der Waals surface area (Å²) in [6.07, 6.45) is 22.3. The Hall–Kier alpha value is -0.710. The van der Waals surface area contributed by atoms with Crippen molar-refractivity contribution in [1.29, 1.82) is 0 Å². The number of hydrogen-bond donors (Lipinski definition) is 3. The van der Waals surface area contributed by atoms with Gasteiger partial charge in [0.15, 0.2) is 0 Å². The summed E-state index contributed by atoms with van der Waals surface area (Å²) in [7, 11) is 0. The minimum atomic E-state index is -0.783. The predicted octanol–water partition coefficient (Wildman–Crippen LogP) is 7.50. The van der Waals surface area contributed by atoms with E-state index in [1.54, 1.807) is 0 Å². The molecule has 0 saturated heterocycles. The molecule has 0 rings (SSSR count). The van der Waals surface area contributed by atoms with Crippen LogP contribution in [0.1, 0.15) is 128 Å². The molecule has 0 atom stereocenters. The molecule has 0 aromatic rings. The Morgan fingerprint density at radius 1 is 0.517 bits per heavy atom. The van der Waals surface area contributed by atoms with Crippen LogP contribution in [0.25, 0.3) is 0 Å². The van der Waals surface area contributed by atoms with E-state index in [2.05, 4.69) is 12.6 Å². The lowest BCUT2D eigenvalue weighted by Gasteiger charge is -2.14. The van der Waals surface area contributed by atoms with E-state index >= 15 is 0 Å². The molecule has 0 radical (unpaired) electrons. The highest BCUT2D eigenvalue weighted by molar-refractivity contribution is 7.80. The normalized spacial score (nSPS) is 11.2. The molecule has 0 unspecified atom stereocenters. The highest BCUT2D eigenvalue weighted by Gasteiger charge is 2.12. The van der Waals surface area contributed by atoms with E-state index in [0.717, 1.165) is 18.6 Å². The number of thiol groups is 1. The fourth-order valence-electron chi connectivity index (χ4n) is 3.93. The molecule has 0 aliphatic heterocycles. The van der Waals surface area contributed by atoms with E-state index in [4.69, 9.17) is 10.2 Å². The Labute approximate surface area is 184 Å². The highest BCUT2D eigenvalue weighted by atomic mass is 32.1. The van der Waals surface area contributed by atoms with Crippen LogP contribution in [0, 0.1) is 5.92 Å². The standard InChI is InChI=1S/C24H46O4S/c25-23(26)19-17-22(18-20-24(27)28)16-14-12-10-8-6-4-2-1-3-5-7-9-11-13-15-21-29/h22,29H,1-21H2,(H,25,26)(H,27,28). The first-order chi connectivity index (χ1) is 14.1. The lowest BCUT2D eigenvalue weighted by molar-refractivity contribution is -0.137. The largest absolute Gasteiger partial charge is 0.481 e. The molecule has 0 bridgehead atoms. The molecule has 0 aromatic carbocycles. The molecule has 0 aliphatic carbocycles. The summed E-state index contributed by atoms with van der Waals surface area (Å²) in [4.78, 5) is 21.5. The SMILES string of the molecule is O=C(O)CCC(CCCCCCCCCCCCCCCCCS)CCC(=O)O. The molecule has 5 heteroatoms. The van der Waals surface area contributed by atoms with Crippen LogP contribution < -0.4 is 0 Å². The van der Waals surface area contributed by atoms with Gasteiger partial charge in [0.25, 0.3) is 0 Å². The van der Waals surface area contributed by atoms with Gasteiger partial charge in [0.2, 0.25) is 0 Å². The van der Waals surface area contributed by atoms with E-state index in [-0.39, 0.29) is 18.8 Å². The average Bonchev–Trinajstić information content (AvgIpc) is 2.68. The van der Waals surface area contributed by atoms with Crippen molar-refractivity contribution in [2.24, 2.45) is 5.92 Å². The zero-order valence-electron chi connectivity index (χ0n) is 18.6. The van der Waals surface area contributed by atoms with Crippen molar-refractivity contribution in [3.63, 3.8) is 0 Å². The molecule has 0 aromatic heterocycles. The number of carboxylic acids is 2. The van der Waals surface area contributed by atoms with E-state index < -0.39 is 11.9 Å². The topological polar surface area (TPSA) is 74.6 Å². The van der Waals surface area contributed by atoms with E-state index in [1.807, 2.05) is 0 Å². The van der Waals surface area contributed by atoms with Crippen molar-refractivity contribution in [1.82, 2.24) is 0 Å². The van der Waals surface area contributed by atoms with Gasteiger partial charge in [0.05, 0.1) is 0 Å². The second-order valence-corrected chi connectivity index (χ2v) is 8.99. The van der Waals surface area contributed by atoms with Gasteiger partial charge in [-0.2, -0.15) is 12.6 Å². The van der Waals surface area contributed by atoms with Gasteiger partial charge in [0, 0.05) is 12.8 Å². The second-order valence-electron chi connectivity index (χ2n) is 8.55. The van der Waals surface area contributed by atoms with Crippen molar-refractivity contribution in [2.45, 2.75) is 128 Å². The van der Waals surface area contributed by atoms with Crippen LogP contribution in [0.5, 0.6) is 0 Å². The number of aliphatic carboxylic acids is 2. The first-order valence-electron chi connectivity index (χ1n) is 12.1. The van der Waals surface area contributed by atoms with Crippen LogP contribution >= 0.6 is 12.6 Å². The number of carbonyl (C=O) groups is 2. The third-order valence-electron chi connectivity index (χ3n) is 5.80. The summed E-state index contributed by atoms with van der Waals surface area (Å²) in [5.41, 5.74) is 0. The van der Waals surface area contributed by atoms with E-state index in [9.17, 15) is 9.59 Å². The summed E-state index contributed by atoms with van der Waals surface area (Å²) >= 11 is 4.24. The van der Waals surface area contributed by atoms with Gasteiger partial charge < -0.3 is 10.2 Å². The average molecular weight is 431 g/mol. The quantitative estimate of drug-likeness (QED) is 0.116. The Morgan fingerprint density at radius 2 is 0.828 bits per heavy atom. The van der Waals surface area contributed by atoms with E-state index in [0.29, 0.717) is 12.8 Å². The lowest BCUT2D eigenvalue weighted by Crippen LogP contribution is -2.07. The Balaban J connectivity index is 3.42. The van der Waals surface area contributed by atoms with Crippen LogP contribution in [0.3, 0.4) is 0 Å². The maximum absolute atomic E-state index is 10.7. The summed E-state index contributed by atoms with van der Waals surface area (Å²) in [6, 6.07) is 0. The number of hydrogen-bond acceptors (Lipinski definition) is 3. The van der Waals surface area contributed by atoms with Crippen LogP contribution in [-0.4, -0.2) is 27.9 Å². The third kappa shape index (κ3) is 23.4. The van der Waals surface area contributed by atoms with Gasteiger partial charge in [-0.1, -0.05) is 96.3 Å². The van der Waals surface area contributed by atoms with Crippen molar-refractivity contribution >= 4 is 24.6 Å². The van der Waals surface area contributed by atoms with Crippen molar-refractivity contribution < 1.29 is 19.8 Å². The zero-order chi connectivity index (χ0) is 21.6. The monoisotopic (exact) mass is 430 g/mol. The Morgan fingerprint density at radius 3 is 1.14 bits per heavy atom. The maximum Gasteiger partial charge on any atom is 0.303 e.